The quantitative estimate of drug-likeness (QED) is 0.276. The highest BCUT2D eigenvalue weighted by Gasteiger charge is 2.17. The molecule has 1 aliphatic carbocycles. The van der Waals surface area contributed by atoms with E-state index in [0.29, 0.717) is 19.6 Å². The van der Waals surface area contributed by atoms with Crippen LogP contribution in [0.15, 0.2) is 71.0 Å². The number of benzene rings is 1. The lowest BCUT2D eigenvalue weighted by molar-refractivity contribution is 0.0897. The van der Waals surface area contributed by atoms with Gasteiger partial charge in [0.2, 0.25) is 0 Å². The van der Waals surface area contributed by atoms with Crippen LogP contribution in [0.25, 0.3) is 11.3 Å². The molecule has 0 saturated heterocycles. The highest BCUT2D eigenvalue weighted by Crippen LogP contribution is 2.21. The lowest BCUT2D eigenvalue weighted by Crippen LogP contribution is -2.15. The zero-order valence-electron chi connectivity index (χ0n) is 18.6. The van der Waals surface area contributed by atoms with Crippen molar-refractivity contribution in [3.63, 3.8) is 0 Å². The molecular weight excluding hydrogens is 400 g/mol. The third-order valence-electron chi connectivity index (χ3n) is 5.29. The van der Waals surface area contributed by atoms with Crippen molar-refractivity contribution in [3.05, 3.63) is 83.3 Å². The van der Waals surface area contributed by atoms with Crippen molar-refractivity contribution in [2.45, 2.75) is 39.5 Å². The zero-order valence-corrected chi connectivity index (χ0v) is 18.6. The Hall–Kier alpha value is -3.54. The van der Waals surface area contributed by atoms with Crippen LogP contribution in [0.5, 0.6) is 0 Å². The summed E-state index contributed by atoms with van der Waals surface area (Å²) in [4.78, 5) is 20.3. The van der Waals surface area contributed by atoms with Gasteiger partial charge in [0.1, 0.15) is 24.6 Å². The Morgan fingerprint density at radius 2 is 1.75 bits per heavy atom. The van der Waals surface area contributed by atoms with Gasteiger partial charge in [0.05, 0.1) is 17.1 Å². The van der Waals surface area contributed by atoms with Crippen LogP contribution in [0, 0.1) is 6.92 Å². The number of nitrogens with zero attached hydrogens (tertiary/aromatic N) is 4. The van der Waals surface area contributed by atoms with Crippen LogP contribution in [0.1, 0.15) is 48.8 Å². The summed E-state index contributed by atoms with van der Waals surface area (Å²) in [7, 11) is 0. The first kappa shape index (κ1) is 21.7. The van der Waals surface area contributed by atoms with E-state index in [1.807, 2.05) is 62.4 Å². The predicted molar refractivity (Wildman–Crippen MR) is 127 cm³/mol. The van der Waals surface area contributed by atoms with Gasteiger partial charge in [0, 0.05) is 17.7 Å². The van der Waals surface area contributed by atoms with Gasteiger partial charge >= 0.3 is 0 Å². The second kappa shape index (κ2) is 10.7. The molecule has 6 heteroatoms. The summed E-state index contributed by atoms with van der Waals surface area (Å²) < 4.78 is 0. The van der Waals surface area contributed by atoms with Crippen LogP contribution < -0.4 is 0 Å². The van der Waals surface area contributed by atoms with Crippen molar-refractivity contribution in [3.8, 4) is 11.3 Å². The van der Waals surface area contributed by atoms with Gasteiger partial charge in [-0.25, -0.2) is 4.98 Å². The minimum Gasteiger partial charge on any atom is -0.395 e. The average Bonchev–Trinajstić information content (AvgIpc) is 2.84. The van der Waals surface area contributed by atoms with Crippen molar-refractivity contribution in [1.29, 1.82) is 0 Å². The molecule has 1 aliphatic rings. The van der Waals surface area contributed by atoms with Crippen molar-refractivity contribution < 1.29 is 9.68 Å². The predicted octanol–water partition coefficient (Wildman–Crippen LogP) is 5.34. The molecule has 3 aromatic rings. The monoisotopic (exact) mass is 428 g/mol. The Balaban J connectivity index is 1.25. The first-order valence-electron chi connectivity index (χ1n) is 11.1. The molecule has 6 nitrogen and oxygen atoms in total. The molecule has 4 rings (SSSR count). The van der Waals surface area contributed by atoms with Gasteiger partial charge in [0.15, 0.2) is 0 Å². The summed E-state index contributed by atoms with van der Waals surface area (Å²) >= 11 is 0. The number of aromatic nitrogens is 2. The summed E-state index contributed by atoms with van der Waals surface area (Å²) in [6.45, 7) is 4.82. The fourth-order valence-electron chi connectivity index (χ4n) is 3.60. The largest absolute Gasteiger partial charge is 0.395 e. The van der Waals surface area contributed by atoms with Crippen LogP contribution in [0.4, 0.5) is 0 Å². The van der Waals surface area contributed by atoms with Crippen molar-refractivity contribution >= 4 is 11.4 Å². The fraction of sp³-hybridized carbons (Fsp3) is 0.308. The normalized spacial score (nSPS) is 14.8. The zero-order chi connectivity index (χ0) is 22.2. The fourth-order valence-corrected chi connectivity index (χ4v) is 3.60. The average molecular weight is 429 g/mol. The third-order valence-corrected chi connectivity index (χ3v) is 5.29. The highest BCUT2D eigenvalue weighted by molar-refractivity contribution is 6.00. The lowest BCUT2D eigenvalue weighted by Gasteiger charge is -2.16. The molecule has 164 valence electrons. The van der Waals surface area contributed by atoms with Gasteiger partial charge in [-0.3, -0.25) is 4.98 Å². The van der Waals surface area contributed by atoms with Crippen LogP contribution >= 0.6 is 0 Å². The number of pyridine rings is 2. The number of rotatable bonds is 8. The van der Waals surface area contributed by atoms with Crippen molar-refractivity contribution in [2.24, 2.45) is 10.3 Å². The maximum absolute atomic E-state index is 5.53. The molecule has 0 spiro atoms. The van der Waals surface area contributed by atoms with Crippen LogP contribution in [0.3, 0.4) is 0 Å². The van der Waals surface area contributed by atoms with Gasteiger partial charge in [-0.1, -0.05) is 52.8 Å². The number of oxime groups is 2. The molecule has 2 heterocycles. The third kappa shape index (κ3) is 5.58. The van der Waals surface area contributed by atoms with E-state index in [1.165, 1.54) is 5.56 Å². The summed E-state index contributed by atoms with van der Waals surface area (Å²) in [6, 6.07) is 20.2. The Morgan fingerprint density at radius 1 is 0.906 bits per heavy atom. The molecule has 0 fully saturated rings. The summed E-state index contributed by atoms with van der Waals surface area (Å²) in [5, 5.41) is 8.55. The van der Waals surface area contributed by atoms with Crippen LogP contribution in [-0.4, -0.2) is 34.6 Å². The summed E-state index contributed by atoms with van der Waals surface area (Å²) in [5.74, 6) is 0. The van der Waals surface area contributed by atoms with Gasteiger partial charge in [0.25, 0.3) is 0 Å². The first-order valence-corrected chi connectivity index (χ1v) is 11.1. The smallest absolute Gasteiger partial charge is 0.120 e. The molecule has 0 amide bonds. The minimum absolute atomic E-state index is 0.453. The van der Waals surface area contributed by atoms with Gasteiger partial charge in [-0.2, -0.15) is 0 Å². The van der Waals surface area contributed by atoms with E-state index in [4.69, 9.17) is 9.68 Å². The number of hydrogen-bond donors (Lipinski definition) is 0. The Bertz CT molecular complexity index is 1110. The van der Waals surface area contributed by atoms with Gasteiger partial charge in [-0.05, 0) is 56.9 Å². The second-order valence-electron chi connectivity index (χ2n) is 7.82. The molecule has 0 saturated carbocycles. The standard InChI is InChI=1S/C26H28N4O2/c1-19-15-16-22-11-6-14-25(26(22)27-19)30-32-18-8-17-31-29-20(2)23-12-7-13-24(28-23)21-9-4-3-5-10-21/h3-5,7,9-10,12-13,15-16H,6,8,11,14,17-18H2,1-2H3. The van der Waals surface area contributed by atoms with E-state index < -0.39 is 0 Å². The molecule has 0 atom stereocenters. The van der Waals surface area contributed by atoms with E-state index >= 15 is 0 Å². The molecule has 0 aliphatic heterocycles. The Morgan fingerprint density at radius 3 is 2.62 bits per heavy atom. The molecule has 0 radical (unpaired) electrons. The van der Waals surface area contributed by atoms with Crippen molar-refractivity contribution in [1.82, 2.24) is 9.97 Å². The van der Waals surface area contributed by atoms with Crippen LogP contribution in [-0.2, 0) is 16.1 Å². The van der Waals surface area contributed by atoms with E-state index in [1.54, 1.807) is 0 Å². The maximum atomic E-state index is 5.53. The molecule has 2 aromatic heterocycles. The molecule has 1 aromatic carbocycles. The molecule has 0 N–H and O–H groups in total. The number of fused-ring (bicyclic) bond motifs is 1. The van der Waals surface area contributed by atoms with E-state index in [2.05, 4.69) is 32.4 Å². The first-order chi connectivity index (χ1) is 15.7. The maximum Gasteiger partial charge on any atom is 0.120 e. The topological polar surface area (TPSA) is 69.0 Å². The summed E-state index contributed by atoms with van der Waals surface area (Å²) in [6.07, 6.45) is 3.73. The summed E-state index contributed by atoms with van der Waals surface area (Å²) in [5.41, 5.74) is 7.71. The van der Waals surface area contributed by atoms with Crippen LogP contribution in [0.2, 0.25) is 0 Å². The molecule has 0 bridgehead atoms. The van der Waals surface area contributed by atoms with Gasteiger partial charge in [-0.15, -0.1) is 0 Å². The Kier molecular flexibility index (Phi) is 7.23. The number of aryl methyl sites for hydroxylation is 2. The molecule has 32 heavy (non-hydrogen) atoms. The highest BCUT2D eigenvalue weighted by atomic mass is 16.6. The van der Waals surface area contributed by atoms with E-state index in [-0.39, 0.29) is 0 Å². The molecular formula is C26H28N4O2. The SMILES string of the molecule is CC(=NOCCCON=C1CCCc2ccc(C)nc21)c1cccc(-c2ccccc2)n1. The molecule has 0 unspecified atom stereocenters. The second-order valence-corrected chi connectivity index (χ2v) is 7.82. The Labute approximate surface area is 189 Å². The van der Waals surface area contributed by atoms with E-state index in [9.17, 15) is 0 Å². The van der Waals surface area contributed by atoms with E-state index in [0.717, 1.165) is 59.0 Å². The van der Waals surface area contributed by atoms with Gasteiger partial charge < -0.3 is 9.68 Å². The van der Waals surface area contributed by atoms with Crippen molar-refractivity contribution in [2.75, 3.05) is 13.2 Å². The minimum atomic E-state index is 0.453. The number of hydrogen-bond acceptors (Lipinski definition) is 6. The lowest BCUT2D eigenvalue weighted by atomic mass is 9.94.